The number of carbonyl (C=O) groups is 4. The van der Waals surface area contributed by atoms with Crippen LogP contribution in [0, 0.1) is 5.41 Å². The van der Waals surface area contributed by atoms with E-state index in [0.717, 1.165) is 10.5 Å². The van der Waals surface area contributed by atoms with Crippen LogP contribution in [-0.2, 0) is 27.4 Å². The topological polar surface area (TPSA) is 101 Å². The summed E-state index contributed by atoms with van der Waals surface area (Å²) in [6.45, 7) is -0.317. The molecule has 1 heterocycles. The van der Waals surface area contributed by atoms with Crippen molar-refractivity contribution in [2.45, 2.75) is 19.4 Å². The summed E-state index contributed by atoms with van der Waals surface area (Å²) in [4.78, 5) is 52.4. The van der Waals surface area contributed by atoms with Crippen LogP contribution in [0.1, 0.15) is 38.3 Å². The largest absolute Gasteiger partial charge is 0.480 e. The predicted molar refractivity (Wildman–Crippen MR) is 123 cm³/mol. The fourth-order valence-electron chi connectivity index (χ4n) is 4.08. The smallest absolute Gasteiger partial charge is 0.324 e. The quantitative estimate of drug-likeness (QED) is 0.299. The second kappa shape index (κ2) is 9.70. The van der Waals surface area contributed by atoms with Gasteiger partial charge in [0.15, 0.2) is 5.41 Å². The van der Waals surface area contributed by atoms with Crippen molar-refractivity contribution in [3.63, 3.8) is 0 Å². The van der Waals surface area contributed by atoms with Crippen molar-refractivity contribution in [3.8, 4) is 0 Å². The van der Waals surface area contributed by atoms with Gasteiger partial charge in [-0.25, -0.2) is 0 Å². The molecule has 4 rings (SSSR count). The number of ether oxygens (including phenoxy) is 1. The highest BCUT2D eigenvalue weighted by atomic mass is 16.5. The van der Waals surface area contributed by atoms with E-state index in [0.29, 0.717) is 5.56 Å². The van der Waals surface area contributed by atoms with Crippen LogP contribution in [0.4, 0.5) is 0 Å². The van der Waals surface area contributed by atoms with Crippen LogP contribution in [0.3, 0.4) is 0 Å². The van der Waals surface area contributed by atoms with E-state index in [-0.39, 0.29) is 37.1 Å². The molecule has 3 aromatic rings. The third kappa shape index (κ3) is 4.45. The van der Waals surface area contributed by atoms with Gasteiger partial charge in [-0.3, -0.25) is 24.1 Å². The van der Waals surface area contributed by atoms with E-state index in [4.69, 9.17) is 4.74 Å². The zero-order valence-electron chi connectivity index (χ0n) is 18.3. The van der Waals surface area contributed by atoms with Gasteiger partial charge in [0.05, 0.1) is 11.1 Å². The number of benzene rings is 3. The molecule has 2 amide bonds. The molecule has 0 aliphatic carbocycles. The van der Waals surface area contributed by atoms with Gasteiger partial charge in [0.1, 0.15) is 6.61 Å². The van der Waals surface area contributed by atoms with E-state index in [1.165, 1.54) is 0 Å². The molecule has 1 aliphatic rings. The molecule has 0 fully saturated rings. The summed E-state index contributed by atoms with van der Waals surface area (Å²) < 4.78 is 5.45. The predicted octanol–water partition coefficient (Wildman–Crippen LogP) is 3.73. The van der Waals surface area contributed by atoms with Crippen LogP contribution >= 0.6 is 0 Å². The highest BCUT2D eigenvalue weighted by Gasteiger charge is 2.49. The molecule has 7 nitrogen and oxygen atoms in total. The molecule has 0 radical (unpaired) electrons. The molecule has 34 heavy (non-hydrogen) atoms. The number of imide groups is 1. The molecule has 0 spiro atoms. The minimum Gasteiger partial charge on any atom is -0.480 e. The van der Waals surface area contributed by atoms with Gasteiger partial charge in [-0.05, 0) is 36.1 Å². The Morgan fingerprint density at radius 2 is 1.26 bits per heavy atom. The Bertz CT molecular complexity index is 1190. The minimum atomic E-state index is -1.98. The monoisotopic (exact) mass is 457 g/mol. The van der Waals surface area contributed by atoms with Crippen LogP contribution in [0.15, 0.2) is 84.9 Å². The van der Waals surface area contributed by atoms with Crippen LogP contribution in [0.5, 0.6) is 0 Å². The lowest BCUT2D eigenvalue weighted by molar-refractivity contribution is -0.170. The maximum absolute atomic E-state index is 13.3. The summed E-state index contributed by atoms with van der Waals surface area (Å²) in [5.41, 5.74) is -0.101. The van der Waals surface area contributed by atoms with Crippen molar-refractivity contribution in [3.05, 3.63) is 107 Å². The summed E-state index contributed by atoms with van der Waals surface area (Å²) in [5.74, 6) is -3.29. The molecule has 3 aromatic carbocycles. The maximum atomic E-state index is 13.3. The number of hydrogen-bond donors (Lipinski definition) is 1. The van der Waals surface area contributed by atoms with E-state index < -0.39 is 29.2 Å². The summed E-state index contributed by atoms with van der Waals surface area (Å²) in [6.07, 6.45) is -0.420. The molecule has 7 heteroatoms. The summed E-state index contributed by atoms with van der Waals surface area (Å²) in [7, 11) is 0. The van der Waals surface area contributed by atoms with Crippen molar-refractivity contribution in [2.24, 2.45) is 5.41 Å². The molecule has 0 saturated carbocycles. The standard InChI is InChI=1S/C27H23NO6/c29-23-21-13-7-8-14-22(21)24(30)28(23)16-15-27(25(31)32,17-19-9-3-1-4-10-19)26(33)34-18-20-11-5-2-6-12-20/h1-14H,15-18H2,(H,31,32). The molecule has 172 valence electrons. The SMILES string of the molecule is O=C1c2ccccc2C(=O)N1CCC(Cc1ccccc1)(C(=O)O)C(=O)OCc1ccccc1. The second-order valence-corrected chi connectivity index (χ2v) is 8.17. The molecule has 0 saturated heterocycles. The zero-order valence-corrected chi connectivity index (χ0v) is 18.3. The molecule has 1 N–H and O–H groups in total. The summed E-state index contributed by atoms with van der Waals surface area (Å²) in [5, 5.41) is 10.2. The number of rotatable bonds is 9. The van der Waals surface area contributed by atoms with Gasteiger partial charge in [-0.2, -0.15) is 0 Å². The fraction of sp³-hybridized carbons (Fsp3) is 0.185. The van der Waals surface area contributed by atoms with E-state index >= 15 is 0 Å². The number of esters is 1. The Labute approximate surface area is 196 Å². The molecule has 1 aliphatic heterocycles. The summed E-state index contributed by atoms with van der Waals surface area (Å²) in [6, 6.07) is 24.1. The first-order valence-corrected chi connectivity index (χ1v) is 10.9. The molecule has 0 aromatic heterocycles. The zero-order chi connectivity index (χ0) is 24.1. The van der Waals surface area contributed by atoms with Gasteiger partial charge in [-0.15, -0.1) is 0 Å². The van der Waals surface area contributed by atoms with Crippen LogP contribution in [0.25, 0.3) is 0 Å². The number of fused-ring (bicyclic) bond motifs is 1. The number of carboxylic acids is 1. The lowest BCUT2D eigenvalue weighted by Crippen LogP contribution is -2.46. The first kappa shape index (κ1) is 22.9. The second-order valence-electron chi connectivity index (χ2n) is 8.17. The van der Waals surface area contributed by atoms with Crippen LogP contribution < -0.4 is 0 Å². The number of amides is 2. The third-order valence-electron chi connectivity index (χ3n) is 6.00. The molecular weight excluding hydrogens is 434 g/mol. The maximum Gasteiger partial charge on any atom is 0.324 e. The average molecular weight is 457 g/mol. The van der Waals surface area contributed by atoms with Crippen molar-refractivity contribution in [1.82, 2.24) is 4.90 Å². The number of carboxylic acid groups (broad SMARTS) is 1. The average Bonchev–Trinajstić information content (AvgIpc) is 3.11. The number of nitrogens with zero attached hydrogens (tertiary/aromatic N) is 1. The van der Waals surface area contributed by atoms with E-state index in [2.05, 4.69) is 0 Å². The normalized spacial score (nSPS) is 14.4. The Hall–Kier alpha value is -4.26. The molecular formula is C27H23NO6. The van der Waals surface area contributed by atoms with Crippen molar-refractivity contribution in [2.75, 3.05) is 6.54 Å². The van der Waals surface area contributed by atoms with Crippen molar-refractivity contribution < 1.29 is 29.0 Å². The highest BCUT2D eigenvalue weighted by Crippen LogP contribution is 2.33. The highest BCUT2D eigenvalue weighted by molar-refractivity contribution is 6.21. The lowest BCUT2D eigenvalue weighted by Gasteiger charge is -2.29. The Balaban J connectivity index is 1.60. The van der Waals surface area contributed by atoms with E-state index in [1.807, 2.05) is 6.07 Å². The van der Waals surface area contributed by atoms with Crippen LogP contribution in [0.2, 0.25) is 0 Å². The van der Waals surface area contributed by atoms with Gasteiger partial charge in [0.2, 0.25) is 0 Å². The Morgan fingerprint density at radius 1 is 0.765 bits per heavy atom. The van der Waals surface area contributed by atoms with Gasteiger partial charge in [0.25, 0.3) is 11.8 Å². The summed E-state index contributed by atoms with van der Waals surface area (Å²) >= 11 is 0. The fourth-order valence-corrected chi connectivity index (χ4v) is 4.08. The third-order valence-corrected chi connectivity index (χ3v) is 6.00. The van der Waals surface area contributed by atoms with Gasteiger partial charge in [-0.1, -0.05) is 72.8 Å². The van der Waals surface area contributed by atoms with E-state index in [1.54, 1.807) is 78.9 Å². The first-order valence-electron chi connectivity index (χ1n) is 10.9. The first-order chi connectivity index (χ1) is 16.4. The van der Waals surface area contributed by atoms with Crippen LogP contribution in [-0.4, -0.2) is 40.3 Å². The van der Waals surface area contributed by atoms with Gasteiger partial charge < -0.3 is 9.84 Å². The Kier molecular flexibility index (Phi) is 6.54. The minimum absolute atomic E-state index is 0.0868. The van der Waals surface area contributed by atoms with Crippen molar-refractivity contribution in [1.29, 1.82) is 0 Å². The number of aliphatic carboxylic acids is 1. The molecule has 0 bridgehead atoms. The molecule has 1 unspecified atom stereocenters. The number of hydrogen-bond acceptors (Lipinski definition) is 5. The van der Waals surface area contributed by atoms with Gasteiger partial charge in [0, 0.05) is 6.54 Å². The Morgan fingerprint density at radius 3 is 1.79 bits per heavy atom. The molecule has 1 atom stereocenters. The van der Waals surface area contributed by atoms with Gasteiger partial charge >= 0.3 is 11.9 Å². The van der Waals surface area contributed by atoms with E-state index in [9.17, 15) is 24.3 Å². The lowest BCUT2D eigenvalue weighted by atomic mass is 9.78. The van der Waals surface area contributed by atoms with Crippen molar-refractivity contribution >= 4 is 23.8 Å². The number of carbonyl (C=O) groups excluding carboxylic acids is 3.